The van der Waals surface area contributed by atoms with Crippen molar-refractivity contribution in [3.63, 3.8) is 0 Å². The maximum absolute atomic E-state index is 13.2. The van der Waals surface area contributed by atoms with Crippen LogP contribution in [-0.4, -0.2) is 34.0 Å². The third-order valence-corrected chi connectivity index (χ3v) is 14.8. The molecule has 0 radical (unpaired) electrons. The Labute approximate surface area is 292 Å². The second-order valence-electron chi connectivity index (χ2n) is 12.1. The molecule has 0 bridgehead atoms. The first kappa shape index (κ1) is 33.2. The number of hydrogen-bond acceptors (Lipinski definition) is 6. The molecule has 4 atom stereocenters. The van der Waals surface area contributed by atoms with Crippen LogP contribution in [0.5, 0.6) is 0 Å². The first-order chi connectivity index (χ1) is 22.0. The molecule has 5 heterocycles. The van der Waals surface area contributed by atoms with Crippen LogP contribution in [0.3, 0.4) is 0 Å². The van der Waals surface area contributed by atoms with E-state index < -0.39 is 0 Å². The van der Waals surface area contributed by atoms with Gasteiger partial charge in [0.05, 0.1) is 21.9 Å². The van der Waals surface area contributed by atoms with E-state index in [1.807, 2.05) is 23.5 Å². The second kappa shape index (κ2) is 15.4. The molecule has 5 aromatic rings. The highest BCUT2D eigenvalue weighted by Gasteiger charge is 2.39. The van der Waals surface area contributed by atoms with E-state index in [-0.39, 0.29) is 34.4 Å². The van der Waals surface area contributed by atoms with Crippen molar-refractivity contribution in [2.75, 3.05) is 6.54 Å². The molecule has 1 aromatic carbocycles. The summed E-state index contributed by atoms with van der Waals surface area (Å²) in [4.78, 5) is 30.3. The van der Waals surface area contributed by atoms with Gasteiger partial charge in [-0.25, -0.2) is 0 Å². The lowest BCUT2D eigenvalue weighted by Crippen LogP contribution is -2.34. The van der Waals surface area contributed by atoms with Crippen molar-refractivity contribution in [2.45, 2.75) is 93.7 Å². The zero-order chi connectivity index (χ0) is 31.3. The number of amides is 2. The summed E-state index contributed by atoms with van der Waals surface area (Å²) in [6, 6.07) is 16.0. The highest BCUT2D eigenvalue weighted by atomic mass is 35.5. The van der Waals surface area contributed by atoms with Crippen LogP contribution in [0, 0.1) is 0 Å². The molecule has 9 heteroatoms. The standard InChI is InChI=1S/C36H39Cl2NO2S4/c1-2-3-4-5-6-7-8-9-14-25(29-21-31-27(44-29)16-19-42-31)33(37)34(38)26(30-22-32-28(45-30)17-20-43-32)15-18-39-35(40)23-12-10-11-13-24(23)36(39)41/h10-13,16-17,19-22,25-26,33-34H,2-9,14-15,18H2,1H3. The molecule has 0 N–H and O–H groups in total. The van der Waals surface area contributed by atoms with Gasteiger partial charge in [0.2, 0.25) is 0 Å². The predicted octanol–water partition coefficient (Wildman–Crippen LogP) is 12.5. The molecule has 1 aliphatic rings. The molecule has 0 fully saturated rings. The van der Waals surface area contributed by atoms with E-state index in [0.717, 1.165) is 12.8 Å². The van der Waals surface area contributed by atoms with Gasteiger partial charge in [-0.05, 0) is 60.0 Å². The zero-order valence-electron chi connectivity index (χ0n) is 25.5. The molecule has 238 valence electrons. The van der Waals surface area contributed by atoms with E-state index in [4.69, 9.17) is 23.2 Å². The maximum Gasteiger partial charge on any atom is 0.261 e. The van der Waals surface area contributed by atoms with E-state index in [1.165, 1.54) is 78.4 Å². The van der Waals surface area contributed by atoms with Crippen LogP contribution in [0.25, 0.3) is 18.8 Å². The molecule has 0 spiro atoms. The first-order valence-corrected chi connectivity index (χ1v) is 20.4. The third-order valence-electron chi connectivity index (χ3n) is 9.03. The fourth-order valence-corrected chi connectivity index (χ4v) is 12.1. The number of nitrogens with zero attached hydrogens (tertiary/aromatic N) is 1. The van der Waals surface area contributed by atoms with Gasteiger partial charge in [-0.1, -0.05) is 70.4 Å². The van der Waals surface area contributed by atoms with Crippen LogP contribution >= 0.6 is 68.5 Å². The van der Waals surface area contributed by atoms with Gasteiger partial charge >= 0.3 is 0 Å². The smallest absolute Gasteiger partial charge is 0.261 e. The monoisotopic (exact) mass is 715 g/mol. The van der Waals surface area contributed by atoms with E-state index >= 15 is 0 Å². The van der Waals surface area contributed by atoms with Gasteiger partial charge in [-0.15, -0.1) is 68.5 Å². The summed E-state index contributed by atoms with van der Waals surface area (Å²) >= 11 is 22.1. The Balaban J connectivity index is 1.21. The molecule has 4 unspecified atom stereocenters. The van der Waals surface area contributed by atoms with Crippen LogP contribution < -0.4 is 0 Å². The number of rotatable bonds is 17. The van der Waals surface area contributed by atoms with Crippen molar-refractivity contribution in [2.24, 2.45) is 0 Å². The minimum atomic E-state index is -0.367. The molecule has 3 nitrogen and oxygen atoms in total. The number of carbonyl (C=O) groups is 2. The Morgan fingerprint density at radius 2 is 1.13 bits per heavy atom. The number of alkyl halides is 2. The maximum atomic E-state index is 13.2. The van der Waals surface area contributed by atoms with Crippen LogP contribution in [0.2, 0.25) is 0 Å². The van der Waals surface area contributed by atoms with E-state index in [2.05, 4.69) is 41.9 Å². The number of carbonyl (C=O) groups excluding carboxylic acids is 2. The van der Waals surface area contributed by atoms with Gasteiger partial charge < -0.3 is 0 Å². The Hall–Kier alpha value is -1.74. The summed E-state index contributed by atoms with van der Waals surface area (Å²) in [6.45, 7) is 2.57. The summed E-state index contributed by atoms with van der Waals surface area (Å²) < 4.78 is 5.10. The lowest BCUT2D eigenvalue weighted by atomic mass is 9.87. The number of fused-ring (bicyclic) bond motifs is 3. The predicted molar refractivity (Wildman–Crippen MR) is 198 cm³/mol. The van der Waals surface area contributed by atoms with Crippen LogP contribution in [-0.2, 0) is 0 Å². The van der Waals surface area contributed by atoms with Gasteiger partial charge in [-0.3, -0.25) is 14.5 Å². The minimum absolute atomic E-state index is 0.0924. The molecule has 0 saturated heterocycles. The number of thiophene rings is 4. The van der Waals surface area contributed by atoms with Crippen molar-refractivity contribution in [3.05, 3.63) is 80.2 Å². The molecule has 0 saturated carbocycles. The minimum Gasteiger partial charge on any atom is -0.274 e. The summed E-state index contributed by atoms with van der Waals surface area (Å²) in [7, 11) is 0. The van der Waals surface area contributed by atoms with E-state index in [9.17, 15) is 9.59 Å². The average molecular weight is 717 g/mol. The molecular formula is C36H39Cl2NO2S4. The van der Waals surface area contributed by atoms with Crippen molar-refractivity contribution >= 4 is 99.2 Å². The Kier molecular flexibility index (Phi) is 11.4. The summed E-state index contributed by atoms with van der Waals surface area (Å²) in [5.74, 6) is -0.394. The summed E-state index contributed by atoms with van der Waals surface area (Å²) in [5.41, 5.74) is 0.966. The van der Waals surface area contributed by atoms with Crippen molar-refractivity contribution in [1.29, 1.82) is 0 Å². The Bertz CT molecular complexity index is 1640. The number of halogens is 2. The Morgan fingerprint density at radius 1 is 0.644 bits per heavy atom. The van der Waals surface area contributed by atoms with E-state index in [1.54, 1.807) is 46.1 Å². The fraction of sp³-hybridized carbons (Fsp3) is 0.444. The average Bonchev–Trinajstić information content (AvgIpc) is 3.86. The SMILES string of the molecule is CCCCCCCCCCC(c1cc2sccc2s1)C(Cl)C(Cl)C(CCN1C(=O)c2ccccc2C1=O)c1cc2sccc2s1. The first-order valence-electron chi connectivity index (χ1n) is 16.1. The normalized spacial score (nSPS) is 16.1. The quantitative estimate of drug-likeness (QED) is 0.0546. The fourth-order valence-electron chi connectivity index (χ4n) is 6.50. The topological polar surface area (TPSA) is 37.4 Å². The van der Waals surface area contributed by atoms with Crippen molar-refractivity contribution in [3.8, 4) is 0 Å². The molecule has 45 heavy (non-hydrogen) atoms. The number of benzene rings is 1. The highest BCUT2D eigenvalue weighted by molar-refractivity contribution is 7.27. The molecule has 4 aromatic heterocycles. The van der Waals surface area contributed by atoms with Crippen LogP contribution in [0.4, 0.5) is 0 Å². The second-order valence-corrected chi connectivity index (χ2v) is 17.2. The van der Waals surface area contributed by atoms with Gasteiger partial charge in [0.15, 0.2) is 0 Å². The lowest BCUT2D eigenvalue weighted by Gasteiger charge is -2.31. The molecule has 6 rings (SSSR count). The highest BCUT2D eigenvalue weighted by Crippen LogP contribution is 2.46. The molecular weight excluding hydrogens is 678 g/mol. The lowest BCUT2D eigenvalue weighted by molar-refractivity contribution is 0.0649. The van der Waals surface area contributed by atoms with Gasteiger partial charge in [-0.2, -0.15) is 0 Å². The van der Waals surface area contributed by atoms with Gasteiger partial charge in [0, 0.05) is 46.9 Å². The van der Waals surface area contributed by atoms with Gasteiger partial charge in [0.1, 0.15) is 0 Å². The van der Waals surface area contributed by atoms with Crippen LogP contribution in [0.1, 0.15) is 113 Å². The zero-order valence-corrected chi connectivity index (χ0v) is 30.3. The number of unbranched alkanes of at least 4 members (excludes halogenated alkanes) is 7. The third kappa shape index (κ3) is 7.39. The van der Waals surface area contributed by atoms with Crippen LogP contribution in [0.15, 0.2) is 59.3 Å². The van der Waals surface area contributed by atoms with Gasteiger partial charge in [0.25, 0.3) is 11.8 Å². The molecule has 2 amide bonds. The summed E-state index contributed by atoms with van der Waals surface area (Å²) in [5, 5.41) is 3.60. The van der Waals surface area contributed by atoms with E-state index in [0.29, 0.717) is 24.1 Å². The van der Waals surface area contributed by atoms with Crippen molar-refractivity contribution < 1.29 is 9.59 Å². The number of imide groups is 1. The number of hydrogen-bond donors (Lipinski definition) is 0. The van der Waals surface area contributed by atoms with Crippen molar-refractivity contribution in [1.82, 2.24) is 4.90 Å². The Morgan fingerprint density at radius 3 is 1.64 bits per heavy atom. The molecule has 1 aliphatic heterocycles. The molecule has 0 aliphatic carbocycles. The summed E-state index contributed by atoms with van der Waals surface area (Å²) in [6.07, 6.45) is 11.8. The largest absolute Gasteiger partial charge is 0.274 e.